The van der Waals surface area contributed by atoms with Crippen molar-refractivity contribution in [1.82, 2.24) is 0 Å². The molecule has 1 heterocycles. The van der Waals surface area contributed by atoms with Gasteiger partial charge in [0.25, 0.3) is 0 Å². The molecule has 1 aromatic heterocycles. The Labute approximate surface area is 267 Å². The summed E-state index contributed by atoms with van der Waals surface area (Å²) in [5, 5.41) is 6.98. The minimum Gasteiger partial charge on any atom is -0.455 e. The molecule has 0 amide bonds. The first-order valence-corrected chi connectivity index (χ1v) is 15.7. The summed E-state index contributed by atoms with van der Waals surface area (Å²) in [7, 11) is 0. The summed E-state index contributed by atoms with van der Waals surface area (Å²) < 4.78 is 7.07. The highest BCUT2D eigenvalue weighted by Gasteiger charge is 2.24. The average molecular weight is 588 g/mol. The molecule has 2 nitrogen and oxygen atoms in total. The van der Waals surface area contributed by atoms with Crippen molar-refractivity contribution in [1.29, 1.82) is 0 Å². The zero-order chi connectivity index (χ0) is 30.5. The number of fused-ring (bicyclic) bond motifs is 8. The van der Waals surface area contributed by atoms with E-state index >= 15 is 0 Å². The van der Waals surface area contributed by atoms with Crippen LogP contribution < -0.4 is 4.90 Å². The molecular formula is C44H29NO. The Balaban J connectivity index is 1.40. The topological polar surface area (TPSA) is 16.4 Å². The molecule has 2 heteroatoms. The lowest BCUT2D eigenvalue weighted by molar-refractivity contribution is 0.674. The molecule has 9 aromatic rings. The second-order valence-electron chi connectivity index (χ2n) is 11.7. The van der Waals surface area contributed by atoms with Gasteiger partial charge in [-0.25, -0.2) is 0 Å². The molecule has 0 atom stereocenters. The third-order valence-electron chi connectivity index (χ3n) is 9.05. The van der Waals surface area contributed by atoms with Crippen LogP contribution >= 0.6 is 0 Å². The predicted octanol–water partition coefficient (Wildman–Crippen LogP) is 12.7. The Kier molecular flexibility index (Phi) is 6.17. The average Bonchev–Trinajstić information content (AvgIpc) is 3.55. The zero-order valence-electron chi connectivity index (χ0n) is 25.1. The van der Waals surface area contributed by atoms with Gasteiger partial charge >= 0.3 is 0 Å². The molecule has 0 saturated heterocycles. The van der Waals surface area contributed by atoms with Crippen molar-refractivity contribution >= 4 is 60.5 Å². The van der Waals surface area contributed by atoms with Crippen LogP contribution in [0.1, 0.15) is 0 Å². The predicted molar refractivity (Wildman–Crippen MR) is 194 cm³/mol. The van der Waals surface area contributed by atoms with E-state index in [1.807, 2.05) is 0 Å². The highest BCUT2D eigenvalue weighted by molar-refractivity contribution is 6.33. The van der Waals surface area contributed by atoms with E-state index in [9.17, 15) is 0 Å². The van der Waals surface area contributed by atoms with Crippen molar-refractivity contribution in [3.05, 3.63) is 176 Å². The lowest BCUT2D eigenvalue weighted by Crippen LogP contribution is -2.10. The maximum atomic E-state index is 7.07. The van der Waals surface area contributed by atoms with Crippen molar-refractivity contribution in [3.63, 3.8) is 0 Å². The van der Waals surface area contributed by atoms with Crippen LogP contribution in [0.15, 0.2) is 180 Å². The highest BCUT2D eigenvalue weighted by Crippen LogP contribution is 2.49. The minimum atomic E-state index is 0.891. The summed E-state index contributed by atoms with van der Waals surface area (Å²) in [5.74, 6) is 0. The first kappa shape index (κ1) is 26.3. The summed E-state index contributed by atoms with van der Waals surface area (Å²) in [6.45, 7) is 0. The molecule has 0 N–H and O–H groups in total. The summed E-state index contributed by atoms with van der Waals surface area (Å²) >= 11 is 0. The quantitative estimate of drug-likeness (QED) is 0.186. The van der Waals surface area contributed by atoms with Crippen LogP contribution in [0.3, 0.4) is 0 Å². The first-order valence-electron chi connectivity index (χ1n) is 15.7. The Hall–Kier alpha value is -6.12. The van der Waals surface area contributed by atoms with Gasteiger partial charge in [-0.15, -0.1) is 0 Å². The summed E-state index contributed by atoms with van der Waals surface area (Å²) in [5.41, 5.74) is 9.65. The van der Waals surface area contributed by atoms with Crippen molar-refractivity contribution < 1.29 is 4.42 Å². The van der Waals surface area contributed by atoms with Gasteiger partial charge in [0.05, 0.1) is 11.1 Å². The van der Waals surface area contributed by atoms with E-state index in [4.69, 9.17) is 4.42 Å². The molecule has 0 fully saturated rings. The van der Waals surface area contributed by atoms with Crippen molar-refractivity contribution in [2.45, 2.75) is 0 Å². The maximum Gasteiger partial charge on any atom is 0.145 e. The second-order valence-corrected chi connectivity index (χ2v) is 11.7. The van der Waals surface area contributed by atoms with Gasteiger partial charge in [0.2, 0.25) is 0 Å². The molecule has 0 aliphatic rings. The molecular weight excluding hydrogens is 558 g/mol. The molecule has 8 aromatic carbocycles. The van der Waals surface area contributed by atoms with Gasteiger partial charge in [-0.05, 0) is 69.2 Å². The SMILES string of the molecule is c1ccc(-c2ccc(N(c3ccccc3)c3ccc(-c4ccccc4)c4oc5c6ccccc6c6ccccc6c5c34)cc2)cc1. The standard InChI is InChI=1S/C44H29NO/c1-4-14-30(15-5-1)31-24-26-34(27-25-31)45(33-18-8-3-9-19-33)40-29-28-35(32-16-6-2-7-17-32)43-42(40)41-38-22-12-10-20-36(38)37-21-11-13-23-39(37)44(41)46-43/h1-29H. The fourth-order valence-electron chi connectivity index (χ4n) is 6.95. The zero-order valence-corrected chi connectivity index (χ0v) is 25.1. The van der Waals surface area contributed by atoms with Crippen LogP contribution in [-0.4, -0.2) is 0 Å². The Bertz CT molecular complexity index is 2500. The largest absolute Gasteiger partial charge is 0.455 e. The summed E-state index contributed by atoms with van der Waals surface area (Å²) in [6.07, 6.45) is 0. The van der Waals surface area contributed by atoms with Crippen molar-refractivity contribution in [3.8, 4) is 22.3 Å². The molecule has 0 saturated carbocycles. The number of benzene rings is 8. The normalized spacial score (nSPS) is 11.5. The molecule has 0 bridgehead atoms. The third kappa shape index (κ3) is 4.19. The number of hydrogen-bond donors (Lipinski definition) is 0. The molecule has 0 radical (unpaired) electrons. The molecule has 0 unspecified atom stereocenters. The number of furan rings is 1. The summed E-state index contributed by atoms with van der Waals surface area (Å²) in [4.78, 5) is 2.37. The molecule has 0 spiro atoms. The van der Waals surface area contributed by atoms with Gasteiger partial charge in [0.1, 0.15) is 11.2 Å². The van der Waals surface area contributed by atoms with Crippen LogP contribution in [-0.2, 0) is 0 Å². The lowest BCUT2D eigenvalue weighted by atomic mass is 9.94. The van der Waals surface area contributed by atoms with Gasteiger partial charge in [-0.3, -0.25) is 0 Å². The van der Waals surface area contributed by atoms with E-state index in [1.54, 1.807) is 0 Å². The number of rotatable bonds is 5. The maximum absolute atomic E-state index is 7.07. The van der Waals surface area contributed by atoms with Crippen LogP contribution in [0.5, 0.6) is 0 Å². The minimum absolute atomic E-state index is 0.891. The molecule has 0 aliphatic carbocycles. The van der Waals surface area contributed by atoms with Gasteiger partial charge < -0.3 is 9.32 Å². The van der Waals surface area contributed by atoms with E-state index in [0.29, 0.717) is 0 Å². The van der Waals surface area contributed by atoms with Gasteiger partial charge in [-0.1, -0.05) is 140 Å². The highest BCUT2D eigenvalue weighted by atomic mass is 16.3. The fraction of sp³-hybridized carbons (Fsp3) is 0. The third-order valence-corrected chi connectivity index (χ3v) is 9.05. The molecule has 9 rings (SSSR count). The van der Waals surface area contributed by atoms with Crippen LogP contribution in [0.4, 0.5) is 17.1 Å². The Morgan fingerprint density at radius 3 is 1.50 bits per heavy atom. The Morgan fingerprint density at radius 2 is 0.826 bits per heavy atom. The van der Waals surface area contributed by atoms with Gasteiger partial charge in [0, 0.05) is 27.7 Å². The number of anilines is 3. The van der Waals surface area contributed by atoms with E-state index in [1.165, 1.54) is 27.3 Å². The number of hydrogen-bond acceptors (Lipinski definition) is 2. The lowest BCUT2D eigenvalue weighted by Gasteiger charge is -2.27. The number of para-hydroxylation sites is 1. The van der Waals surface area contributed by atoms with Gasteiger partial charge in [-0.2, -0.15) is 0 Å². The molecule has 46 heavy (non-hydrogen) atoms. The smallest absolute Gasteiger partial charge is 0.145 e. The van der Waals surface area contributed by atoms with Crippen LogP contribution in [0, 0.1) is 0 Å². The second kappa shape index (κ2) is 10.8. The first-order chi connectivity index (χ1) is 22.8. The monoisotopic (exact) mass is 587 g/mol. The van der Waals surface area contributed by atoms with E-state index in [2.05, 4.69) is 181 Å². The number of nitrogens with zero attached hydrogens (tertiary/aromatic N) is 1. The fourth-order valence-corrected chi connectivity index (χ4v) is 6.95. The van der Waals surface area contributed by atoms with Gasteiger partial charge in [0.15, 0.2) is 0 Å². The van der Waals surface area contributed by atoms with E-state index in [0.717, 1.165) is 55.5 Å². The van der Waals surface area contributed by atoms with Crippen LogP contribution in [0.2, 0.25) is 0 Å². The van der Waals surface area contributed by atoms with E-state index < -0.39 is 0 Å². The van der Waals surface area contributed by atoms with E-state index in [-0.39, 0.29) is 0 Å². The van der Waals surface area contributed by atoms with Crippen molar-refractivity contribution in [2.24, 2.45) is 0 Å². The van der Waals surface area contributed by atoms with Crippen molar-refractivity contribution in [2.75, 3.05) is 4.90 Å². The molecule has 216 valence electrons. The Morgan fingerprint density at radius 1 is 0.326 bits per heavy atom. The van der Waals surface area contributed by atoms with Crippen LogP contribution in [0.25, 0.3) is 65.7 Å². The molecule has 0 aliphatic heterocycles. The summed E-state index contributed by atoms with van der Waals surface area (Å²) in [6, 6.07) is 62.4.